The number of allylic oxidation sites excluding steroid dienone is 2. The van der Waals surface area contributed by atoms with E-state index in [1.165, 1.54) is 38.2 Å². The highest BCUT2D eigenvalue weighted by Crippen LogP contribution is 2.52. The number of rotatable bonds is 0. The molecule has 0 saturated heterocycles. The molecule has 0 N–H and O–H groups in total. The van der Waals surface area contributed by atoms with E-state index in [2.05, 4.69) is 42.5 Å². The highest BCUT2D eigenvalue weighted by Gasteiger charge is 2.36. The monoisotopic (exact) mass is 458 g/mol. The maximum absolute atomic E-state index is 13.5. The van der Waals surface area contributed by atoms with Crippen molar-refractivity contribution in [1.82, 2.24) is 0 Å². The second-order valence-corrected chi connectivity index (χ2v) is 10.2. The van der Waals surface area contributed by atoms with Gasteiger partial charge in [0, 0.05) is 33.7 Å². The lowest BCUT2D eigenvalue weighted by molar-refractivity contribution is 0.102. The van der Waals surface area contributed by atoms with Crippen molar-refractivity contribution in [3.8, 4) is 0 Å². The number of ketones is 2. The van der Waals surface area contributed by atoms with Gasteiger partial charge in [0.25, 0.3) is 0 Å². The van der Waals surface area contributed by atoms with E-state index in [9.17, 15) is 9.59 Å². The quantitative estimate of drug-likeness (QED) is 0.225. The van der Waals surface area contributed by atoms with Crippen LogP contribution in [0.15, 0.2) is 84.9 Å². The van der Waals surface area contributed by atoms with Crippen LogP contribution in [0.25, 0.3) is 33.2 Å². The van der Waals surface area contributed by atoms with Crippen molar-refractivity contribution in [2.24, 2.45) is 0 Å². The van der Waals surface area contributed by atoms with Gasteiger partial charge in [0.1, 0.15) is 0 Å². The van der Waals surface area contributed by atoms with Crippen molar-refractivity contribution in [3.63, 3.8) is 0 Å². The smallest absolute Gasteiger partial charge is 0.194 e. The molecule has 0 bridgehead atoms. The molecule has 36 heavy (non-hydrogen) atoms. The lowest BCUT2D eigenvalue weighted by atomic mass is 9.69. The fourth-order valence-electron chi connectivity index (χ4n) is 7.23. The molecule has 2 nitrogen and oxygen atoms in total. The van der Waals surface area contributed by atoms with Crippen LogP contribution in [0.5, 0.6) is 0 Å². The van der Waals surface area contributed by atoms with Gasteiger partial charge in [0.05, 0.1) is 0 Å². The predicted octanol–water partition coefficient (Wildman–Crippen LogP) is 7.23. The van der Waals surface area contributed by atoms with E-state index in [1.54, 1.807) is 0 Å². The van der Waals surface area contributed by atoms with Crippen LogP contribution in [-0.4, -0.2) is 11.6 Å². The van der Waals surface area contributed by atoms with Gasteiger partial charge in [-0.2, -0.15) is 0 Å². The molecule has 0 radical (unpaired) electrons. The number of hydrogen-bond donors (Lipinski definition) is 0. The van der Waals surface area contributed by atoms with E-state index in [0.29, 0.717) is 0 Å². The summed E-state index contributed by atoms with van der Waals surface area (Å²) in [5, 5.41) is 4.73. The Morgan fingerprint density at radius 1 is 0.639 bits per heavy atom. The Morgan fingerprint density at radius 2 is 1.33 bits per heavy atom. The van der Waals surface area contributed by atoms with Crippen LogP contribution in [0.1, 0.15) is 71.1 Å². The van der Waals surface area contributed by atoms with E-state index in [1.807, 2.05) is 48.5 Å². The first-order chi connectivity index (χ1) is 17.7. The van der Waals surface area contributed by atoms with Gasteiger partial charge < -0.3 is 0 Å². The molecule has 0 aromatic heterocycles. The average molecular weight is 459 g/mol. The van der Waals surface area contributed by atoms with Crippen LogP contribution in [-0.2, 0) is 6.42 Å². The van der Waals surface area contributed by atoms with E-state index < -0.39 is 0 Å². The van der Waals surface area contributed by atoms with Gasteiger partial charge in [-0.05, 0) is 67.4 Å². The molecule has 0 fully saturated rings. The molecule has 5 aromatic carbocycles. The Labute approximate surface area is 207 Å². The summed E-state index contributed by atoms with van der Waals surface area (Å²) < 4.78 is 0. The summed E-state index contributed by atoms with van der Waals surface area (Å²) in [5.74, 6) is 0.295. The highest BCUT2D eigenvalue weighted by atomic mass is 16.1. The number of benzene rings is 5. The minimum atomic E-state index is 0.0792. The van der Waals surface area contributed by atoms with Crippen LogP contribution in [0.3, 0.4) is 0 Å². The summed E-state index contributed by atoms with van der Waals surface area (Å²) in [4.78, 5) is 27.1. The number of carbonyl (C=O) groups is 2. The molecule has 0 aliphatic heterocycles. The van der Waals surface area contributed by atoms with Crippen LogP contribution < -0.4 is 0 Å². The normalized spacial score (nSPS) is 17.8. The Kier molecular flexibility index (Phi) is 3.21. The molecule has 2 heteroatoms. The summed E-state index contributed by atoms with van der Waals surface area (Å²) >= 11 is 0. The fraction of sp³-hybridized carbons (Fsp3) is 0.0588. The third kappa shape index (κ3) is 1.99. The number of fused-ring (bicyclic) bond motifs is 6. The summed E-state index contributed by atoms with van der Waals surface area (Å²) in [6.07, 6.45) is 7.63. The summed E-state index contributed by atoms with van der Waals surface area (Å²) in [5.41, 5.74) is 11.2. The van der Waals surface area contributed by atoms with Gasteiger partial charge in [0.15, 0.2) is 11.6 Å². The Morgan fingerprint density at radius 3 is 2.19 bits per heavy atom. The molecule has 0 spiro atoms. The molecule has 0 amide bonds. The maximum Gasteiger partial charge on any atom is 0.194 e. The molecular formula is C34H18O2. The van der Waals surface area contributed by atoms with Crippen LogP contribution >= 0.6 is 0 Å². The molecule has 1 unspecified atom stereocenters. The first kappa shape index (κ1) is 18.7. The van der Waals surface area contributed by atoms with Crippen molar-refractivity contribution < 1.29 is 9.59 Å². The van der Waals surface area contributed by atoms with Crippen LogP contribution in [0.2, 0.25) is 0 Å². The maximum atomic E-state index is 13.5. The van der Waals surface area contributed by atoms with Crippen molar-refractivity contribution in [2.75, 3.05) is 0 Å². The second-order valence-electron chi connectivity index (χ2n) is 10.2. The van der Waals surface area contributed by atoms with Crippen molar-refractivity contribution >= 4 is 44.8 Å². The predicted molar refractivity (Wildman–Crippen MR) is 143 cm³/mol. The van der Waals surface area contributed by atoms with Crippen molar-refractivity contribution in [2.45, 2.75) is 12.3 Å². The molecular weight excluding hydrogens is 440 g/mol. The lowest BCUT2D eigenvalue weighted by Crippen LogP contribution is -2.21. The largest absolute Gasteiger partial charge is 0.289 e. The van der Waals surface area contributed by atoms with Gasteiger partial charge in [0.2, 0.25) is 0 Å². The minimum absolute atomic E-state index is 0.0792. The fourth-order valence-corrected chi connectivity index (χ4v) is 7.23. The summed E-state index contributed by atoms with van der Waals surface area (Å²) in [6, 6.07) is 24.3. The van der Waals surface area contributed by atoms with E-state index in [4.69, 9.17) is 0 Å². The summed E-state index contributed by atoms with van der Waals surface area (Å²) in [6.45, 7) is 0. The third-order valence-corrected chi connectivity index (χ3v) is 8.67. The van der Waals surface area contributed by atoms with Crippen LogP contribution in [0, 0.1) is 0 Å². The lowest BCUT2D eigenvalue weighted by Gasteiger charge is -2.33. The topological polar surface area (TPSA) is 34.1 Å². The zero-order valence-corrected chi connectivity index (χ0v) is 19.3. The van der Waals surface area contributed by atoms with Gasteiger partial charge in [-0.15, -0.1) is 0 Å². The molecule has 4 aliphatic rings. The van der Waals surface area contributed by atoms with Gasteiger partial charge >= 0.3 is 0 Å². The van der Waals surface area contributed by atoms with Gasteiger partial charge in [-0.3, -0.25) is 9.59 Å². The molecule has 4 aliphatic carbocycles. The Balaban J connectivity index is 1.44. The van der Waals surface area contributed by atoms with E-state index in [0.717, 1.165) is 50.9 Å². The Bertz CT molecular complexity index is 2000. The molecule has 0 saturated carbocycles. The summed E-state index contributed by atoms with van der Waals surface area (Å²) in [7, 11) is 0. The number of hydrogen-bond acceptors (Lipinski definition) is 2. The highest BCUT2D eigenvalue weighted by molar-refractivity contribution is 6.27. The molecule has 1 atom stereocenters. The zero-order valence-electron chi connectivity index (χ0n) is 19.3. The van der Waals surface area contributed by atoms with Gasteiger partial charge in [-0.1, -0.05) is 85.0 Å². The SMILES string of the molecule is O=C1c2ccccc2C2=CCc3c4c5c6c(ccc5c5ccc1c2c35)C(=O)c1ccccc1C6C=C4. The molecule has 0 heterocycles. The average Bonchev–Trinajstić information content (AvgIpc) is 2.94. The first-order valence-electron chi connectivity index (χ1n) is 12.5. The van der Waals surface area contributed by atoms with Gasteiger partial charge in [-0.25, -0.2) is 0 Å². The Hall–Kier alpha value is -4.56. The minimum Gasteiger partial charge on any atom is -0.289 e. The second kappa shape index (κ2) is 6.16. The van der Waals surface area contributed by atoms with Crippen molar-refractivity contribution in [3.05, 3.63) is 141 Å². The molecule has 166 valence electrons. The third-order valence-electron chi connectivity index (χ3n) is 8.67. The zero-order chi connectivity index (χ0) is 23.7. The molecule has 5 aromatic rings. The molecule has 9 rings (SSSR count). The van der Waals surface area contributed by atoms with E-state index >= 15 is 0 Å². The van der Waals surface area contributed by atoms with E-state index in [-0.39, 0.29) is 17.5 Å². The number of carbonyl (C=O) groups excluding carboxylic acids is 2. The first-order valence-corrected chi connectivity index (χ1v) is 12.5. The van der Waals surface area contributed by atoms with Crippen molar-refractivity contribution in [1.29, 1.82) is 0 Å². The van der Waals surface area contributed by atoms with Crippen LogP contribution in [0.4, 0.5) is 0 Å². The standard InChI is InChI=1S/C34H18O2/c35-33-25-7-3-1-5-17(25)19-9-11-21-22-12-10-20-18-6-2-4-8-26(18)34(36)28-16-14-24(30(22)32(20)28)23-13-15-27(33)31(19)29(21)23/h1-11,13-16,19H,12H2.